The van der Waals surface area contributed by atoms with E-state index in [-0.39, 0.29) is 5.02 Å². The largest absolute Gasteiger partial charge is 0.397 e. The molecule has 3 N–H and O–H groups in total. The van der Waals surface area contributed by atoms with Gasteiger partial charge in [-0.2, -0.15) is 0 Å². The summed E-state index contributed by atoms with van der Waals surface area (Å²) in [6, 6.07) is 2.78. The summed E-state index contributed by atoms with van der Waals surface area (Å²) in [7, 11) is 0. The SMILES string of the molecule is Nc1cc(F)c(Cl)cc1NCC1CCOCC1. The maximum atomic E-state index is 13.1. The monoisotopic (exact) mass is 258 g/mol. The van der Waals surface area contributed by atoms with Crippen LogP contribution >= 0.6 is 11.6 Å². The minimum absolute atomic E-state index is 0.0914. The Morgan fingerprint density at radius 3 is 2.82 bits per heavy atom. The molecule has 17 heavy (non-hydrogen) atoms. The van der Waals surface area contributed by atoms with E-state index in [1.165, 1.54) is 12.1 Å². The molecule has 0 unspecified atom stereocenters. The molecule has 1 aliphatic heterocycles. The average molecular weight is 259 g/mol. The van der Waals surface area contributed by atoms with Crippen molar-refractivity contribution >= 4 is 23.0 Å². The minimum Gasteiger partial charge on any atom is -0.397 e. The Balaban J connectivity index is 1.96. The fourth-order valence-corrected chi connectivity index (χ4v) is 2.08. The van der Waals surface area contributed by atoms with Crippen molar-refractivity contribution < 1.29 is 9.13 Å². The molecule has 0 amide bonds. The van der Waals surface area contributed by atoms with Crippen molar-refractivity contribution in [2.45, 2.75) is 12.8 Å². The molecule has 0 aromatic heterocycles. The molecule has 1 heterocycles. The van der Waals surface area contributed by atoms with E-state index >= 15 is 0 Å². The van der Waals surface area contributed by atoms with Gasteiger partial charge in [0.15, 0.2) is 0 Å². The second-order valence-electron chi connectivity index (χ2n) is 4.29. The molecule has 2 rings (SSSR count). The number of nitrogens with one attached hydrogen (secondary N) is 1. The fraction of sp³-hybridized carbons (Fsp3) is 0.500. The number of ether oxygens (including phenoxy) is 1. The van der Waals surface area contributed by atoms with Gasteiger partial charge in [0.1, 0.15) is 5.82 Å². The molecule has 0 saturated carbocycles. The highest BCUT2D eigenvalue weighted by molar-refractivity contribution is 6.31. The lowest BCUT2D eigenvalue weighted by Crippen LogP contribution is -2.22. The van der Waals surface area contributed by atoms with Gasteiger partial charge < -0.3 is 15.8 Å². The van der Waals surface area contributed by atoms with Gasteiger partial charge in [-0.3, -0.25) is 0 Å². The van der Waals surface area contributed by atoms with Crippen LogP contribution in [0.5, 0.6) is 0 Å². The molecule has 0 radical (unpaired) electrons. The minimum atomic E-state index is -0.485. The lowest BCUT2D eigenvalue weighted by atomic mass is 10.0. The molecule has 1 aliphatic rings. The van der Waals surface area contributed by atoms with Gasteiger partial charge in [0.2, 0.25) is 0 Å². The maximum Gasteiger partial charge on any atom is 0.143 e. The topological polar surface area (TPSA) is 47.3 Å². The number of halogens is 2. The number of nitrogen functional groups attached to an aromatic ring is 1. The summed E-state index contributed by atoms with van der Waals surface area (Å²) in [4.78, 5) is 0. The molecular weight excluding hydrogens is 243 g/mol. The number of rotatable bonds is 3. The first-order valence-corrected chi connectivity index (χ1v) is 6.10. The third kappa shape index (κ3) is 3.23. The Morgan fingerprint density at radius 1 is 1.41 bits per heavy atom. The van der Waals surface area contributed by atoms with Crippen LogP contribution in [0.3, 0.4) is 0 Å². The van der Waals surface area contributed by atoms with Gasteiger partial charge in [0, 0.05) is 25.8 Å². The van der Waals surface area contributed by atoms with Crippen LogP contribution in [-0.4, -0.2) is 19.8 Å². The maximum absolute atomic E-state index is 13.1. The molecule has 0 aliphatic carbocycles. The molecule has 1 aromatic rings. The highest BCUT2D eigenvalue weighted by atomic mass is 35.5. The lowest BCUT2D eigenvalue weighted by molar-refractivity contribution is 0.0699. The summed E-state index contributed by atoms with van der Waals surface area (Å²) >= 11 is 5.72. The molecule has 0 bridgehead atoms. The normalized spacial score (nSPS) is 17.1. The Kier molecular flexibility index (Phi) is 4.07. The number of hydrogen-bond acceptors (Lipinski definition) is 3. The van der Waals surface area contributed by atoms with Crippen LogP contribution in [-0.2, 0) is 4.74 Å². The lowest BCUT2D eigenvalue weighted by Gasteiger charge is -2.23. The number of nitrogens with two attached hydrogens (primary N) is 1. The van der Waals surface area contributed by atoms with E-state index in [2.05, 4.69) is 5.32 Å². The Labute approximate surface area is 105 Å². The van der Waals surface area contributed by atoms with E-state index in [0.717, 1.165) is 32.6 Å². The summed E-state index contributed by atoms with van der Waals surface area (Å²) in [5.41, 5.74) is 6.81. The van der Waals surface area contributed by atoms with E-state index in [1.807, 2.05) is 0 Å². The van der Waals surface area contributed by atoms with E-state index in [0.29, 0.717) is 17.3 Å². The summed E-state index contributed by atoms with van der Waals surface area (Å²) in [5.74, 6) is 0.0905. The third-order valence-corrected chi connectivity index (χ3v) is 3.30. The molecule has 94 valence electrons. The molecule has 1 aromatic carbocycles. The molecule has 1 saturated heterocycles. The van der Waals surface area contributed by atoms with Crippen LogP contribution in [0.4, 0.5) is 15.8 Å². The second kappa shape index (κ2) is 5.56. The smallest absolute Gasteiger partial charge is 0.143 e. The molecule has 0 atom stereocenters. The summed E-state index contributed by atoms with van der Waals surface area (Å²) in [5, 5.41) is 3.31. The summed E-state index contributed by atoms with van der Waals surface area (Å²) in [6.07, 6.45) is 2.09. The first-order valence-electron chi connectivity index (χ1n) is 5.73. The van der Waals surface area contributed by atoms with E-state index < -0.39 is 5.82 Å². The first-order chi connectivity index (χ1) is 8.16. The van der Waals surface area contributed by atoms with Crippen molar-refractivity contribution in [3.8, 4) is 0 Å². The fourth-order valence-electron chi connectivity index (χ4n) is 1.92. The zero-order chi connectivity index (χ0) is 12.3. The van der Waals surface area contributed by atoms with E-state index in [4.69, 9.17) is 22.1 Å². The Hall–Kier alpha value is -1.00. The predicted molar refractivity (Wildman–Crippen MR) is 67.9 cm³/mol. The van der Waals surface area contributed by atoms with Gasteiger partial charge in [0.05, 0.1) is 16.4 Å². The Bertz CT molecular complexity index is 394. The van der Waals surface area contributed by atoms with Crippen LogP contribution in [0.2, 0.25) is 5.02 Å². The molecule has 1 fully saturated rings. The van der Waals surface area contributed by atoms with Crippen molar-refractivity contribution in [1.82, 2.24) is 0 Å². The van der Waals surface area contributed by atoms with Crippen LogP contribution in [0, 0.1) is 11.7 Å². The number of hydrogen-bond donors (Lipinski definition) is 2. The molecule has 5 heteroatoms. The van der Waals surface area contributed by atoms with Crippen molar-refractivity contribution in [3.05, 3.63) is 23.0 Å². The first kappa shape index (κ1) is 12.5. The highest BCUT2D eigenvalue weighted by Gasteiger charge is 2.14. The molecule has 0 spiro atoms. The Morgan fingerprint density at radius 2 is 2.12 bits per heavy atom. The van der Waals surface area contributed by atoms with Crippen LogP contribution < -0.4 is 11.1 Å². The summed E-state index contributed by atoms with van der Waals surface area (Å²) in [6.45, 7) is 2.44. The van der Waals surface area contributed by atoms with Crippen molar-refractivity contribution in [2.24, 2.45) is 5.92 Å². The predicted octanol–water partition coefficient (Wildman–Crippen LogP) is 2.90. The second-order valence-corrected chi connectivity index (χ2v) is 4.70. The zero-order valence-corrected chi connectivity index (χ0v) is 10.3. The highest BCUT2D eigenvalue weighted by Crippen LogP contribution is 2.27. The van der Waals surface area contributed by atoms with Gasteiger partial charge in [-0.25, -0.2) is 4.39 Å². The van der Waals surface area contributed by atoms with Gasteiger partial charge in [-0.1, -0.05) is 11.6 Å². The molecule has 3 nitrogen and oxygen atoms in total. The van der Waals surface area contributed by atoms with Crippen LogP contribution in [0.1, 0.15) is 12.8 Å². The molecular formula is C12H16ClFN2O. The van der Waals surface area contributed by atoms with E-state index in [9.17, 15) is 4.39 Å². The number of benzene rings is 1. The van der Waals surface area contributed by atoms with Gasteiger partial charge in [-0.05, 0) is 24.8 Å². The van der Waals surface area contributed by atoms with Crippen LogP contribution in [0.25, 0.3) is 0 Å². The zero-order valence-electron chi connectivity index (χ0n) is 9.51. The van der Waals surface area contributed by atoms with Crippen molar-refractivity contribution in [2.75, 3.05) is 30.8 Å². The van der Waals surface area contributed by atoms with Gasteiger partial charge in [0.25, 0.3) is 0 Å². The quantitative estimate of drug-likeness (QED) is 0.820. The average Bonchev–Trinajstić information content (AvgIpc) is 2.33. The van der Waals surface area contributed by atoms with Crippen molar-refractivity contribution in [3.63, 3.8) is 0 Å². The van der Waals surface area contributed by atoms with Gasteiger partial charge in [-0.15, -0.1) is 0 Å². The third-order valence-electron chi connectivity index (χ3n) is 3.01. The van der Waals surface area contributed by atoms with Gasteiger partial charge >= 0.3 is 0 Å². The summed E-state index contributed by atoms with van der Waals surface area (Å²) < 4.78 is 18.4. The number of anilines is 2. The van der Waals surface area contributed by atoms with E-state index in [1.54, 1.807) is 0 Å². The van der Waals surface area contributed by atoms with Crippen LogP contribution in [0.15, 0.2) is 12.1 Å². The standard InChI is InChI=1S/C12H16ClFN2O/c13-9-5-12(11(15)6-10(9)14)16-7-8-1-3-17-4-2-8/h5-6,8,16H,1-4,7,15H2. The van der Waals surface area contributed by atoms with Crippen molar-refractivity contribution in [1.29, 1.82) is 0 Å².